The molecule has 6 nitrogen and oxygen atoms in total. The summed E-state index contributed by atoms with van der Waals surface area (Å²) in [5.41, 5.74) is -0.0854. The van der Waals surface area contributed by atoms with Gasteiger partial charge in [-0.05, 0) is 36.8 Å². The molecule has 1 amide bonds. The molecule has 2 aromatic heterocycles. The minimum absolute atomic E-state index is 0.0734. The molecule has 0 bridgehead atoms. The summed E-state index contributed by atoms with van der Waals surface area (Å²) in [6.07, 6.45) is 4.33. The van der Waals surface area contributed by atoms with Gasteiger partial charge in [0.2, 0.25) is 0 Å². The molecule has 0 aliphatic rings. The number of amides is 1. The van der Waals surface area contributed by atoms with Crippen molar-refractivity contribution in [1.29, 1.82) is 0 Å². The van der Waals surface area contributed by atoms with Gasteiger partial charge in [-0.3, -0.25) is 4.79 Å². The highest BCUT2D eigenvalue weighted by Gasteiger charge is 2.36. The zero-order valence-electron chi connectivity index (χ0n) is 13.8. The van der Waals surface area contributed by atoms with Crippen molar-refractivity contribution in [3.63, 3.8) is 0 Å². The second kappa shape index (κ2) is 7.27. The van der Waals surface area contributed by atoms with Crippen LogP contribution in [0.25, 0.3) is 0 Å². The van der Waals surface area contributed by atoms with Crippen molar-refractivity contribution in [2.24, 2.45) is 0 Å². The molecule has 1 atom stereocenters. The Hall–Kier alpha value is -2.99. The van der Waals surface area contributed by atoms with E-state index < -0.39 is 5.60 Å². The second-order valence-corrected chi connectivity index (χ2v) is 5.68. The molecule has 1 unspecified atom stereocenters. The topological polar surface area (TPSA) is 84.8 Å². The number of rotatable bonds is 7. The molecule has 3 rings (SSSR count). The van der Waals surface area contributed by atoms with E-state index >= 15 is 0 Å². The predicted molar refractivity (Wildman–Crippen MR) is 90.1 cm³/mol. The van der Waals surface area contributed by atoms with E-state index in [1.54, 1.807) is 24.3 Å². The third-order valence-electron chi connectivity index (χ3n) is 3.92. The molecule has 130 valence electrons. The monoisotopic (exact) mass is 341 g/mol. The summed E-state index contributed by atoms with van der Waals surface area (Å²) >= 11 is 0. The third-order valence-corrected chi connectivity index (χ3v) is 3.92. The first-order valence-electron chi connectivity index (χ1n) is 7.84. The van der Waals surface area contributed by atoms with Crippen molar-refractivity contribution in [3.05, 3.63) is 78.1 Å². The van der Waals surface area contributed by atoms with Gasteiger partial charge in [-0.1, -0.05) is 18.2 Å². The Morgan fingerprint density at radius 2 is 2.04 bits per heavy atom. The number of para-hydroxylation sites is 1. The van der Waals surface area contributed by atoms with Gasteiger partial charge >= 0.3 is 0 Å². The summed E-state index contributed by atoms with van der Waals surface area (Å²) < 4.78 is 15.9. The molecule has 2 N–H and O–H groups in total. The Morgan fingerprint density at radius 1 is 1.20 bits per heavy atom. The van der Waals surface area contributed by atoms with Crippen molar-refractivity contribution >= 4 is 5.91 Å². The van der Waals surface area contributed by atoms with Gasteiger partial charge in [-0.2, -0.15) is 0 Å². The van der Waals surface area contributed by atoms with Gasteiger partial charge in [0, 0.05) is 5.56 Å². The van der Waals surface area contributed by atoms with E-state index in [1.807, 2.05) is 25.1 Å². The summed E-state index contributed by atoms with van der Waals surface area (Å²) in [4.78, 5) is 12.1. The number of benzene rings is 1. The summed E-state index contributed by atoms with van der Waals surface area (Å²) in [6, 6.07) is 12.4. The number of aryl methyl sites for hydroxylation is 1. The molecule has 3 aromatic rings. The van der Waals surface area contributed by atoms with Gasteiger partial charge in [0.15, 0.2) is 12.2 Å². The highest BCUT2D eigenvalue weighted by atomic mass is 16.5. The molecular weight excluding hydrogens is 322 g/mol. The van der Waals surface area contributed by atoms with Crippen molar-refractivity contribution < 1.29 is 23.5 Å². The van der Waals surface area contributed by atoms with Gasteiger partial charge in [0.25, 0.3) is 5.91 Å². The van der Waals surface area contributed by atoms with Crippen LogP contribution in [-0.4, -0.2) is 24.2 Å². The van der Waals surface area contributed by atoms with Gasteiger partial charge in [0.1, 0.15) is 11.5 Å². The average Bonchev–Trinajstić information content (AvgIpc) is 3.32. The Kier molecular flexibility index (Phi) is 4.90. The van der Waals surface area contributed by atoms with E-state index in [-0.39, 0.29) is 19.1 Å². The smallest absolute Gasteiger partial charge is 0.258 e. The van der Waals surface area contributed by atoms with Crippen molar-refractivity contribution in [2.45, 2.75) is 12.5 Å². The molecule has 0 aliphatic heterocycles. The first kappa shape index (κ1) is 16.9. The summed E-state index contributed by atoms with van der Waals surface area (Å²) in [7, 11) is 0. The van der Waals surface area contributed by atoms with Crippen LogP contribution in [0, 0.1) is 6.92 Å². The number of ether oxygens (including phenoxy) is 1. The number of hydrogen-bond acceptors (Lipinski definition) is 5. The molecule has 0 spiro atoms. The number of carbonyl (C=O) groups is 1. The Labute approximate surface area is 145 Å². The van der Waals surface area contributed by atoms with Gasteiger partial charge in [-0.15, -0.1) is 0 Å². The van der Waals surface area contributed by atoms with E-state index in [1.165, 1.54) is 18.8 Å². The van der Waals surface area contributed by atoms with Crippen molar-refractivity contribution in [1.82, 2.24) is 5.32 Å². The number of furan rings is 2. The lowest BCUT2D eigenvalue weighted by Gasteiger charge is -2.25. The van der Waals surface area contributed by atoms with Gasteiger partial charge in [-0.25, -0.2) is 0 Å². The largest absolute Gasteiger partial charge is 0.484 e. The van der Waals surface area contributed by atoms with Crippen LogP contribution in [-0.2, 0) is 10.4 Å². The quantitative estimate of drug-likeness (QED) is 0.690. The highest BCUT2D eigenvalue weighted by molar-refractivity contribution is 5.77. The summed E-state index contributed by atoms with van der Waals surface area (Å²) in [5, 5.41) is 13.7. The zero-order valence-corrected chi connectivity index (χ0v) is 13.8. The van der Waals surface area contributed by atoms with E-state index in [9.17, 15) is 9.90 Å². The molecule has 0 saturated carbocycles. The van der Waals surface area contributed by atoms with Crippen LogP contribution in [0.2, 0.25) is 0 Å². The number of carbonyl (C=O) groups excluding carboxylic acids is 1. The SMILES string of the molecule is Cc1ccccc1OCC(=O)NCC(O)(c1ccoc1)c1ccco1. The lowest BCUT2D eigenvalue weighted by molar-refractivity contribution is -0.124. The van der Waals surface area contributed by atoms with Gasteiger partial charge in [0.05, 0.1) is 25.3 Å². The van der Waals surface area contributed by atoms with E-state index in [4.69, 9.17) is 13.6 Å². The highest BCUT2D eigenvalue weighted by Crippen LogP contribution is 2.29. The number of aliphatic hydroxyl groups is 1. The average molecular weight is 341 g/mol. The van der Waals surface area contributed by atoms with Crippen LogP contribution in [0.5, 0.6) is 5.75 Å². The van der Waals surface area contributed by atoms with Crippen LogP contribution in [0.1, 0.15) is 16.9 Å². The fraction of sp³-hybridized carbons (Fsp3) is 0.211. The molecule has 0 radical (unpaired) electrons. The first-order chi connectivity index (χ1) is 12.1. The molecule has 1 aromatic carbocycles. The van der Waals surface area contributed by atoms with Crippen LogP contribution in [0.15, 0.2) is 70.1 Å². The number of hydrogen-bond donors (Lipinski definition) is 2. The molecule has 25 heavy (non-hydrogen) atoms. The van der Waals surface area contributed by atoms with Gasteiger partial charge < -0.3 is 24.0 Å². The van der Waals surface area contributed by atoms with Crippen molar-refractivity contribution in [3.8, 4) is 5.75 Å². The first-order valence-corrected chi connectivity index (χ1v) is 7.84. The van der Waals surface area contributed by atoms with Crippen LogP contribution in [0.4, 0.5) is 0 Å². The minimum Gasteiger partial charge on any atom is -0.484 e. The van der Waals surface area contributed by atoms with E-state index in [2.05, 4.69) is 5.32 Å². The normalized spacial score (nSPS) is 13.2. The maximum atomic E-state index is 12.1. The number of nitrogens with one attached hydrogen (secondary N) is 1. The molecule has 0 saturated heterocycles. The standard InChI is InChI=1S/C19H19NO5/c1-14-5-2-3-6-16(14)25-12-18(21)20-13-19(22,15-8-10-23-11-15)17-7-4-9-24-17/h2-11,22H,12-13H2,1H3,(H,20,21). The molecule has 6 heteroatoms. The van der Waals surface area contributed by atoms with Crippen LogP contribution >= 0.6 is 0 Å². The van der Waals surface area contributed by atoms with Crippen molar-refractivity contribution in [2.75, 3.05) is 13.2 Å². The molecule has 0 aliphatic carbocycles. The van der Waals surface area contributed by atoms with E-state index in [0.29, 0.717) is 17.1 Å². The fourth-order valence-corrected chi connectivity index (χ4v) is 2.48. The maximum absolute atomic E-state index is 12.1. The Morgan fingerprint density at radius 3 is 2.72 bits per heavy atom. The van der Waals surface area contributed by atoms with Crippen LogP contribution in [0.3, 0.4) is 0 Å². The third kappa shape index (κ3) is 3.75. The Bertz CT molecular complexity index is 774. The summed E-state index contributed by atoms with van der Waals surface area (Å²) in [6.45, 7) is 1.68. The molecule has 2 heterocycles. The second-order valence-electron chi connectivity index (χ2n) is 5.68. The van der Waals surface area contributed by atoms with E-state index in [0.717, 1.165) is 5.56 Å². The zero-order chi connectivity index (χ0) is 17.7. The minimum atomic E-state index is -1.52. The molecule has 0 fully saturated rings. The lowest BCUT2D eigenvalue weighted by Crippen LogP contribution is -2.42. The lowest BCUT2D eigenvalue weighted by atomic mass is 9.93. The predicted octanol–water partition coefficient (Wildman–Crippen LogP) is 2.61. The maximum Gasteiger partial charge on any atom is 0.258 e. The summed E-state index contributed by atoms with van der Waals surface area (Å²) in [5.74, 6) is 0.611. The Balaban J connectivity index is 1.64. The molecular formula is C19H19NO5. The fourth-order valence-electron chi connectivity index (χ4n) is 2.48. The van der Waals surface area contributed by atoms with Crippen LogP contribution < -0.4 is 10.1 Å².